The second-order valence-corrected chi connectivity index (χ2v) is 9.59. The molecule has 3 aliphatic heterocycles. The van der Waals surface area contributed by atoms with E-state index >= 15 is 0 Å². The Bertz CT molecular complexity index is 1310. The molecular formula is C26H29N7O2. The van der Waals surface area contributed by atoms with E-state index in [0.717, 1.165) is 77.9 Å². The number of anilines is 2. The molecule has 9 nitrogen and oxygen atoms in total. The highest BCUT2D eigenvalue weighted by Crippen LogP contribution is 2.41. The topological polar surface area (TPSA) is 88.4 Å². The van der Waals surface area contributed by atoms with Gasteiger partial charge in [-0.1, -0.05) is 6.58 Å². The molecule has 3 aromatic rings. The zero-order chi connectivity index (χ0) is 24.1. The van der Waals surface area contributed by atoms with Gasteiger partial charge in [0.15, 0.2) is 5.75 Å². The van der Waals surface area contributed by atoms with Crippen molar-refractivity contribution in [3.8, 4) is 16.9 Å². The average molecular weight is 472 g/mol. The van der Waals surface area contributed by atoms with Crippen molar-refractivity contribution in [3.63, 3.8) is 0 Å². The van der Waals surface area contributed by atoms with Gasteiger partial charge in [0.25, 0.3) is 0 Å². The molecule has 0 unspecified atom stereocenters. The van der Waals surface area contributed by atoms with Crippen LogP contribution in [-0.2, 0) is 18.4 Å². The minimum absolute atomic E-state index is 0.0271. The Labute approximate surface area is 204 Å². The van der Waals surface area contributed by atoms with Crippen LogP contribution in [0, 0.1) is 6.92 Å². The van der Waals surface area contributed by atoms with E-state index in [-0.39, 0.29) is 5.91 Å². The zero-order valence-corrected chi connectivity index (χ0v) is 20.1. The SMILES string of the molecule is C=CC(=O)N1CC[C@@H](N2CC(c3cc4c(c(C)n3)OCc3c(-c5cnn(C)c5)ccnc3N4)C2)C1. The molecule has 0 spiro atoms. The van der Waals surface area contributed by atoms with Crippen molar-refractivity contribution < 1.29 is 9.53 Å². The second kappa shape index (κ2) is 8.49. The van der Waals surface area contributed by atoms with Crippen molar-refractivity contribution in [3.05, 3.63) is 60.3 Å². The van der Waals surface area contributed by atoms with E-state index in [0.29, 0.717) is 18.6 Å². The van der Waals surface area contributed by atoms with Gasteiger partial charge in [-0.15, -0.1) is 0 Å². The van der Waals surface area contributed by atoms with Gasteiger partial charge < -0.3 is 15.0 Å². The number of rotatable bonds is 4. The van der Waals surface area contributed by atoms with Crippen molar-refractivity contribution in [2.24, 2.45) is 7.05 Å². The van der Waals surface area contributed by atoms with E-state index in [1.165, 1.54) is 6.08 Å². The molecule has 9 heteroatoms. The van der Waals surface area contributed by atoms with E-state index < -0.39 is 0 Å². The lowest BCUT2D eigenvalue weighted by Gasteiger charge is -2.43. The molecule has 1 atom stereocenters. The molecular weight excluding hydrogens is 442 g/mol. The maximum atomic E-state index is 11.9. The minimum Gasteiger partial charge on any atom is -0.485 e. The molecule has 2 saturated heterocycles. The molecule has 3 aliphatic rings. The lowest BCUT2D eigenvalue weighted by atomic mass is 9.92. The molecule has 0 saturated carbocycles. The van der Waals surface area contributed by atoms with Crippen molar-refractivity contribution in [1.29, 1.82) is 0 Å². The van der Waals surface area contributed by atoms with E-state index in [1.54, 1.807) is 4.68 Å². The van der Waals surface area contributed by atoms with Crippen LogP contribution in [0.2, 0.25) is 0 Å². The van der Waals surface area contributed by atoms with Gasteiger partial charge in [-0.3, -0.25) is 19.4 Å². The number of hydrogen-bond acceptors (Lipinski definition) is 7. The molecule has 6 rings (SSSR count). The first-order valence-electron chi connectivity index (χ1n) is 12.0. The van der Waals surface area contributed by atoms with E-state index in [4.69, 9.17) is 9.72 Å². The predicted octanol–water partition coefficient (Wildman–Crippen LogP) is 3.01. The number of nitrogens with one attached hydrogen (secondary N) is 1. The Morgan fingerprint density at radius 2 is 2.17 bits per heavy atom. The summed E-state index contributed by atoms with van der Waals surface area (Å²) < 4.78 is 8.06. The Balaban J connectivity index is 1.21. The maximum Gasteiger partial charge on any atom is 0.246 e. The van der Waals surface area contributed by atoms with Crippen molar-refractivity contribution >= 4 is 17.4 Å². The zero-order valence-electron chi connectivity index (χ0n) is 20.1. The smallest absolute Gasteiger partial charge is 0.246 e. The van der Waals surface area contributed by atoms with Gasteiger partial charge in [-0.2, -0.15) is 5.10 Å². The third-order valence-electron chi connectivity index (χ3n) is 7.34. The summed E-state index contributed by atoms with van der Waals surface area (Å²) in [4.78, 5) is 25.8. The monoisotopic (exact) mass is 471 g/mol. The molecule has 0 aromatic carbocycles. The number of nitrogens with zero attached hydrogens (tertiary/aromatic N) is 6. The van der Waals surface area contributed by atoms with Crippen LogP contribution < -0.4 is 10.1 Å². The minimum atomic E-state index is 0.0271. The number of likely N-dealkylation sites (tertiary alicyclic amines) is 2. The van der Waals surface area contributed by atoms with Gasteiger partial charge in [-0.05, 0) is 37.1 Å². The molecule has 1 N–H and O–H groups in total. The standard InChI is InChI=1S/C26H29N7O2/c1-4-24(34)32-8-6-19(14-32)33-12-18(13-33)22-9-23-25(16(2)29-22)35-15-21-20(5-7-27-26(21)30-23)17-10-28-31(3)11-17/h4-5,7,9-11,18-19H,1,6,8,12-15H2,2-3H3,(H,27,30)/t19-/m1/s1. The van der Waals surface area contributed by atoms with Crippen LogP contribution in [-0.4, -0.2) is 67.7 Å². The van der Waals surface area contributed by atoms with Crippen molar-refractivity contribution in [1.82, 2.24) is 29.5 Å². The highest BCUT2D eigenvalue weighted by molar-refractivity contribution is 5.87. The Morgan fingerprint density at radius 1 is 1.31 bits per heavy atom. The van der Waals surface area contributed by atoms with Crippen LogP contribution in [0.1, 0.15) is 29.3 Å². The maximum absolute atomic E-state index is 11.9. The van der Waals surface area contributed by atoms with Crippen molar-refractivity contribution in [2.45, 2.75) is 31.9 Å². The molecule has 35 heavy (non-hydrogen) atoms. The third-order valence-corrected chi connectivity index (χ3v) is 7.34. The van der Waals surface area contributed by atoms with Gasteiger partial charge >= 0.3 is 0 Å². The first kappa shape index (κ1) is 21.8. The highest BCUT2D eigenvalue weighted by atomic mass is 16.5. The molecule has 6 heterocycles. The first-order valence-corrected chi connectivity index (χ1v) is 12.0. The van der Waals surface area contributed by atoms with Crippen LogP contribution >= 0.6 is 0 Å². The van der Waals surface area contributed by atoms with Crippen LogP contribution in [0.3, 0.4) is 0 Å². The van der Waals surface area contributed by atoms with Crippen LogP contribution in [0.5, 0.6) is 5.75 Å². The van der Waals surface area contributed by atoms with E-state index in [1.807, 2.05) is 43.5 Å². The quantitative estimate of drug-likeness (QED) is 0.585. The number of ether oxygens (including phenoxy) is 1. The van der Waals surface area contributed by atoms with Crippen LogP contribution in [0.25, 0.3) is 11.1 Å². The average Bonchev–Trinajstić information content (AvgIpc) is 3.42. The predicted molar refractivity (Wildman–Crippen MR) is 133 cm³/mol. The van der Waals surface area contributed by atoms with Gasteiger partial charge in [0.05, 0.1) is 17.6 Å². The summed E-state index contributed by atoms with van der Waals surface area (Å²) in [6.07, 6.45) is 8.10. The lowest BCUT2D eigenvalue weighted by molar-refractivity contribution is -0.125. The Morgan fingerprint density at radius 3 is 2.94 bits per heavy atom. The Kier molecular flexibility index (Phi) is 5.29. The molecule has 180 valence electrons. The molecule has 0 aliphatic carbocycles. The largest absolute Gasteiger partial charge is 0.485 e. The number of amides is 1. The van der Waals surface area contributed by atoms with Crippen LogP contribution in [0.15, 0.2) is 43.4 Å². The van der Waals surface area contributed by atoms with Gasteiger partial charge in [0, 0.05) is 74.4 Å². The number of hydrogen-bond donors (Lipinski definition) is 1. The fourth-order valence-electron chi connectivity index (χ4n) is 5.39. The lowest BCUT2D eigenvalue weighted by Crippen LogP contribution is -2.52. The summed E-state index contributed by atoms with van der Waals surface area (Å²) in [6.45, 7) is 9.51. The van der Waals surface area contributed by atoms with Crippen LogP contribution in [0.4, 0.5) is 11.5 Å². The van der Waals surface area contributed by atoms with Crippen molar-refractivity contribution in [2.75, 3.05) is 31.5 Å². The first-order chi connectivity index (χ1) is 17.0. The summed E-state index contributed by atoms with van der Waals surface area (Å²) >= 11 is 0. The molecule has 1 amide bonds. The number of carbonyl (C=O) groups excluding carboxylic acids is 1. The molecule has 2 fully saturated rings. The number of carbonyl (C=O) groups is 1. The van der Waals surface area contributed by atoms with E-state index in [2.05, 4.69) is 32.9 Å². The van der Waals surface area contributed by atoms with Gasteiger partial charge in [-0.25, -0.2) is 4.98 Å². The molecule has 0 radical (unpaired) electrons. The Hall–Kier alpha value is -3.72. The summed E-state index contributed by atoms with van der Waals surface area (Å²) in [5.74, 6) is 1.96. The molecule has 0 bridgehead atoms. The number of pyridine rings is 2. The van der Waals surface area contributed by atoms with E-state index in [9.17, 15) is 4.79 Å². The van der Waals surface area contributed by atoms with Gasteiger partial charge in [0.1, 0.15) is 12.4 Å². The fraction of sp³-hybridized carbons (Fsp3) is 0.385. The fourth-order valence-corrected chi connectivity index (χ4v) is 5.39. The normalized spacial score (nSPS) is 19.7. The number of aromatic nitrogens is 4. The number of fused-ring (bicyclic) bond motifs is 2. The summed E-state index contributed by atoms with van der Waals surface area (Å²) in [5, 5.41) is 7.84. The highest BCUT2D eigenvalue weighted by Gasteiger charge is 2.38. The number of aryl methyl sites for hydroxylation is 2. The second-order valence-electron chi connectivity index (χ2n) is 9.59. The van der Waals surface area contributed by atoms with Gasteiger partial charge in [0.2, 0.25) is 5.91 Å². The summed E-state index contributed by atoms with van der Waals surface area (Å²) in [7, 11) is 1.91. The third kappa shape index (κ3) is 3.85. The summed E-state index contributed by atoms with van der Waals surface area (Å²) in [5.41, 5.74) is 5.95. The molecule has 3 aromatic heterocycles. The summed E-state index contributed by atoms with van der Waals surface area (Å²) in [6, 6.07) is 4.53.